The highest BCUT2D eigenvalue weighted by Crippen LogP contribution is 2.23. The first kappa shape index (κ1) is 14.7. The number of nitrogens with one attached hydrogen (secondary N) is 1. The second kappa shape index (κ2) is 5.96. The summed E-state index contributed by atoms with van der Waals surface area (Å²) in [7, 11) is 0. The number of H-pyrrole nitrogens is 1. The summed E-state index contributed by atoms with van der Waals surface area (Å²) in [5, 5.41) is 0. The molecule has 4 rings (SSSR count). The van der Waals surface area contributed by atoms with Crippen LogP contribution in [0, 0.1) is 6.92 Å². The van der Waals surface area contributed by atoms with Gasteiger partial charge in [0.05, 0.1) is 11.4 Å². The van der Waals surface area contributed by atoms with Gasteiger partial charge in [-0.1, -0.05) is 48.6 Å². The second-order valence-corrected chi connectivity index (χ2v) is 6.14. The van der Waals surface area contributed by atoms with Crippen LogP contribution in [-0.2, 0) is 6.42 Å². The zero-order valence-corrected chi connectivity index (χ0v) is 13.6. The quantitative estimate of drug-likeness (QED) is 0.802. The maximum Gasteiger partial charge on any atom is 0.277 e. The highest BCUT2D eigenvalue weighted by molar-refractivity contribution is 5.72. The van der Waals surface area contributed by atoms with Crippen LogP contribution in [0.4, 0.5) is 0 Å². The van der Waals surface area contributed by atoms with Crippen LogP contribution in [0.3, 0.4) is 0 Å². The Kier molecular flexibility index (Phi) is 3.65. The van der Waals surface area contributed by atoms with E-state index in [1.807, 2.05) is 24.4 Å². The van der Waals surface area contributed by atoms with Crippen LogP contribution in [0.5, 0.6) is 0 Å². The van der Waals surface area contributed by atoms with Gasteiger partial charge in [-0.25, -0.2) is 4.98 Å². The lowest BCUT2D eigenvalue weighted by atomic mass is 10.0. The molecule has 0 atom stereocenters. The minimum Gasteiger partial charge on any atom is -0.354 e. The predicted octanol–water partition coefficient (Wildman–Crippen LogP) is 3.63. The summed E-state index contributed by atoms with van der Waals surface area (Å²) in [6.07, 6.45) is 11.2. The van der Waals surface area contributed by atoms with Crippen molar-refractivity contribution >= 4 is 5.57 Å². The molecule has 0 saturated carbocycles. The van der Waals surface area contributed by atoms with E-state index in [4.69, 9.17) is 0 Å². The maximum atomic E-state index is 12.4. The highest BCUT2D eigenvalue weighted by atomic mass is 16.1. The third-order valence-corrected chi connectivity index (χ3v) is 4.37. The van der Waals surface area contributed by atoms with Crippen molar-refractivity contribution < 1.29 is 0 Å². The number of aromatic nitrogens is 3. The fourth-order valence-corrected chi connectivity index (χ4v) is 3.13. The van der Waals surface area contributed by atoms with Crippen LogP contribution in [0.15, 0.2) is 59.6 Å². The smallest absolute Gasteiger partial charge is 0.277 e. The molecule has 0 unspecified atom stereocenters. The van der Waals surface area contributed by atoms with Crippen LogP contribution in [0.1, 0.15) is 35.5 Å². The number of fused-ring (bicyclic) bond motifs is 1. The van der Waals surface area contributed by atoms with E-state index in [2.05, 4.69) is 40.3 Å². The van der Waals surface area contributed by atoms with Gasteiger partial charge < -0.3 is 4.98 Å². The van der Waals surface area contributed by atoms with Crippen molar-refractivity contribution in [3.8, 4) is 5.82 Å². The van der Waals surface area contributed by atoms with Crippen molar-refractivity contribution in [3.63, 3.8) is 0 Å². The molecular weight excluding hydrogens is 298 g/mol. The lowest BCUT2D eigenvalue weighted by Gasteiger charge is -2.15. The predicted molar refractivity (Wildman–Crippen MR) is 95.7 cm³/mol. The summed E-state index contributed by atoms with van der Waals surface area (Å²) in [5.41, 5.74) is 4.72. The average molecular weight is 317 g/mol. The third kappa shape index (κ3) is 2.60. The van der Waals surface area contributed by atoms with E-state index < -0.39 is 0 Å². The Morgan fingerprint density at radius 3 is 2.79 bits per heavy atom. The number of nitrogens with zero attached hydrogens (tertiary/aromatic N) is 2. The maximum absolute atomic E-state index is 12.4. The van der Waals surface area contributed by atoms with E-state index in [-0.39, 0.29) is 5.56 Å². The molecule has 0 fully saturated rings. The van der Waals surface area contributed by atoms with Crippen molar-refractivity contribution in [2.75, 3.05) is 0 Å². The molecule has 0 saturated heterocycles. The zero-order valence-electron chi connectivity index (χ0n) is 13.6. The minimum atomic E-state index is -0.0463. The lowest BCUT2D eigenvalue weighted by molar-refractivity contribution is 0.899. The van der Waals surface area contributed by atoms with Crippen molar-refractivity contribution in [2.24, 2.45) is 0 Å². The van der Waals surface area contributed by atoms with Crippen molar-refractivity contribution in [1.82, 2.24) is 14.5 Å². The van der Waals surface area contributed by atoms with Gasteiger partial charge in [0.2, 0.25) is 0 Å². The van der Waals surface area contributed by atoms with Gasteiger partial charge in [-0.3, -0.25) is 9.36 Å². The standard InChI is InChI=1S/C20H19N3O/c1-14-20(24)23-13-18(16-10-6-3-7-11-16)22-17(19(23)21-14)12-15-8-4-2-5-9-15/h2,4-6,8-11,13,22H,3,7,12H2,1H3. The van der Waals surface area contributed by atoms with Crippen LogP contribution >= 0.6 is 0 Å². The summed E-state index contributed by atoms with van der Waals surface area (Å²) in [6.45, 7) is 1.76. The number of imidazole rings is 1. The summed E-state index contributed by atoms with van der Waals surface area (Å²) in [4.78, 5) is 20.4. The molecule has 24 heavy (non-hydrogen) atoms. The Morgan fingerprint density at radius 2 is 2.04 bits per heavy atom. The molecule has 1 aromatic rings. The molecule has 0 bridgehead atoms. The molecule has 2 heterocycles. The first-order valence-corrected chi connectivity index (χ1v) is 8.24. The number of aromatic amines is 1. The molecule has 0 aromatic heterocycles. The SMILES string of the molecule is Cc1nc2c(Cc3ccccc3)[nH]c(C3=CCCC=C3)cn-2c1=O. The number of rotatable bonds is 3. The average Bonchev–Trinajstić information content (AvgIpc) is 2.92. The van der Waals surface area contributed by atoms with Gasteiger partial charge in [0, 0.05) is 12.6 Å². The molecule has 1 N–H and O–H groups in total. The Morgan fingerprint density at radius 1 is 1.21 bits per heavy atom. The number of hydrogen-bond donors (Lipinski definition) is 1. The summed E-state index contributed by atoms with van der Waals surface area (Å²) < 4.78 is 1.67. The summed E-state index contributed by atoms with van der Waals surface area (Å²) in [6, 6.07) is 10.2. The Bertz CT molecular complexity index is 960. The summed E-state index contributed by atoms with van der Waals surface area (Å²) in [5.74, 6) is 0.713. The van der Waals surface area contributed by atoms with E-state index in [0.717, 1.165) is 29.8 Å². The van der Waals surface area contributed by atoms with Gasteiger partial charge in [-0.15, -0.1) is 0 Å². The van der Waals surface area contributed by atoms with Gasteiger partial charge >= 0.3 is 0 Å². The van der Waals surface area contributed by atoms with Gasteiger partial charge in [-0.05, 0) is 30.9 Å². The number of hydrogen-bond acceptors (Lipinski definition) is 2. The molecule has 4 heteroatoms. The normalized spacial score (nSPS) is 14.1. The molecule has 0 amide bonds. The Labute approximate surface area is 140 Å². The lowest BCUT2D eigenvalue weighted by Crippen LogP contribution is -2.17. The molecule has 0 radical (unpaired) electrons. The van der Waals surface area contributed by atoms with Gasteiger partial charge in [0.1, 0.15) is 5.69 Å². The van der Waals surface area contributed by atoms with E-state index in [1.54, 1.807) is 11.5 Å². The molecule has 0 spiro atoms. The van der Waals surface area contributed by atoms with E-state index >= 15 is 0 Å². The molecular formula is C20H19N3O. The van der Waals surface area contributed by atoms with Gasteiger partial charge in [0.25, 0.3) is 5.56 Å². The van der Waals surface area contributed by atoms with Gasteiger partial charge in [-0.2, -0.15) is 0 Å². The first-order valence-electron chi connectivity index (χ1n) is 8.24. The topological polar surface area (TPSA) is 50.7 Å². The fourth-order valence-electron chi connectivity index (χ4n) is 3.13. The molecule has 1 aromatic carbocycles. The summed E-state index contributed by atoms with van der Waals surface area (Å²) >= 11 is 0. The van der Waals surface area contributed by atoms with E-state index in [1.165, 1.54) is 5.56 Å². The zero-order chi connectivity index (χ0) is 16.5. The van der Waals surface area contributed by atoms with E-state index in [0.29, 0.717) is 17.9 Å². The molecule has 120 valence electrons. The molecule has 4 nitrogen and oxygen atoms in total. The number of allylic oxidation sites excluding steroid dienone is 4. The minimum absolute atomic E-state index is 0.0463. The number of benzene rings is 1. The molecule has 3 aliphatic rings. The Hall–Kier alpha value is -2.88. The van der Waals surface area contributed by atoms with Crippen LogP contribution < -0.4 is 5.56 Å². The van der Waals surface area contributed by atoms with E-state index in [9.17, 15) is 4.79 Å². The first-order chi connectivity index (χ1) is 11.7. The monoisotopic (exact) mass is 317 g/mol. The molecule has 2 aliphatic heterocycles. The van der Waals surface area contributed by atoms with Crippen molar-refractivity contribution in [2.45, 2.75) is 26.2 Å². The van der Waals surface area contributed by atoms with Crippen LogP contribution in [0.25, 0.3) is 11.4 Å². The van der Waals surface area contributed by atoms with Crippen molar-refractivity contribution in [3.05, 3.63) is 87.8 Å². The Balaban J connectivity index is 1.87. The van der Waals surface area contributed by atoms with Crippen LogP contribution in [-0.4, -0.2) is 14.5 Å². The second-order valence-electron chi connectivity index (χ2n) is 6.14. The molecule has 1 aliphatic carbocycles. The fraction of sp³-hybridized carbons (Fsp3) is 0.200. The number of aryl methyl sites for hydroxylation is 1. The van der Waals surface area contributed by atoms with Crippen LogP contribution in [0.2, 0.25) is 0 Å². The van der Waals surface area contributed by atoms with Crippen molar-refractivity contribution in [1.29, 1.82) is 0 Å². The third-order valence-electron chi connectivity index (χ3n) is 4.37. The largest absolute Gasteiger partial charge is 0.354 e. The van der Waals surface area contributed by atoms with Gasteiger partial charge in [0.15, 0.2) is 5.82 Å². The highest BCUT2D eigenvalue weighted by Gasteiger charge is 2.18.